The summed E-state index contributed by atoms with van der Waals surface area (Å²) in [7, 11) is 1.68. The van der Waals surface area contributed by atoms with Crippen LogP contribution in [0.5, 0.6) is 5.75 Å². The summed E-state index contributed by atoms with van der Waals surface area (Å²) in [4.78, 5) is 2.50. The molecule has 1 aliphatic heterocycles. The lowest BCUT2D eigenvalue weighted by molar-refractivity contribution is 0.196. The maximum absolute atomic E-state index is 5.93. The number of hydrogen-bond acceptors (Lipinski definition) is 4. The smallest absolute Gasteiger partial charge is 0.176 e. The summed E-state index contributed by atoms with van der Waals surface area (Å²) in [5, 5.41) is 4.73. The van der Waals surface area contributed by atoms with Crippen LogP contribution in [0.15, 0.2) is 28.7 Å². The van der Waals surface area contributed by atoms with Crippen molar-refractivity contribution in [1.82, 2.24) is 10.2 Å². The van der Waals surface area contributed by atoms with Crippen molar-refractivity contribution in [2.45, 2.75) is 32.4 Å². The minimum atomic E-state index is 0.564. The second-order valence-electron chi connectivity index (χ2n) is 5.70. The lowest BCUT2D eigenvalue weighted by atomic mass is 10.1. The molecule has 4 nitrogen and oxygen atoms in total. The summed E-state index contributed by atoms with van der Waals surface area (Å²) in [6.07, 6.45) is 2.53. The van der Waals surface area contributed by atoms with Crippen molar-refractivity contribution < 1.29 is 9.15 Å². The zero-order chi connectivity index (χ0) is 14.7. The molecule has 2 aromatic rings. The van der Waals surface area contributed by atoms with E-state index in [4.69, 9.17) is 9.15 Å². The van der Waals surface area contributed by atoms with Gasteiger partial charge >= 0.3 is 0 Å². The van der Waals surface area contributed by atoms with Crippen LogP contribution in [0.3, 0.4) is 0 Å². The van der Waals surface area contributed by atoms with Gasteiger partial charge in [-0.05, 0) is 38.1 Å². The summed E-state index contributed by atoms with van der Waals surface area (Å²) in [6, 6.07) is 8.65. The lowest BCUT2D eigenvalue weighted by Crippen LogP contribution is -2.45. The highest BCUT2D eigenvalue weighted by Gasteiger charge is 2.18. The van der Waals surface area contributed by atoms with Crippen LogP contribution < -0.4 is 10.1 Å². The molecule has 0 radical (unpaired) electrons. The number of hydrogen-bond donors (Lipinski definition) is 1. The molecule has 1 fully saturated rings. The normalized spacial score (nSPS) is 20.0. The Morgan fingerprint density at radius 1 is 1.43 bits per heavy atom. The predicted octanol–water partition coefficient (Wildman–Crippen LogP) is 3.02. The van der Waals surface area contributed by atoms with Crippen LogP contribution in [0.1, 0.15) is 25.5 Å². The monoisotopic (exact) mass is 288 g/mol. The van der Waals surface area contributed by atoms with E-state index in [1.807, 2.05) is 12.1 Å². The molecular weight excluding hydrogens is 264 g/mol. The molecule has 2 heterocycles. The molecule has 4 heteroatoms. The fourth-order valence-electron chi connectivity index (χ4n) is 3.09. The molecule has 1 unspecified atom stereocenters. The highest BCUT2D eigenvalue weighted by atomic mass is 16.5. The van der Waals surface area contributed by atoms with Gasteiger partial charge in [-0.1, -0.05) is 19.1 Å². The number of nitrogens with one attached hydrogen (secondary N) is 1. The summed E-state index contributed by atoms with van der Waals surface area (Å²) < 4.78 is 11.3. The van der Waals surface area contributed by atoms with Crippen LogP contribution in [-0.4, -0.2) is 37.7 Å². The first-order valence-electron chi connectivity index (χ1n) is 7.81. The first-order chi connectivity index (χ1) is 10.3. The van der Waals surface area contributed by atoms with E-state index in [0.29, 0.717) is 6.04 Å². The molecule has 1 aromatic carbocycles. The average Bonchev–Trinajstić information content (AvgIpc) is 2.96. The Labute approximate surface area is 126 Å². The van der Waals surface area contributed by atoms with Crippen molar-refractivity contribution in [2.75, 3.05) is 26.7 Å². The van der Waals surface area contributed by atoms with Crippen molar-refractivity contribution in [3.63, 3.8) is 0 Å². The molecule has 0 amide bonds. The summed E-state index contributed by atoms with van der Waals surface area (Å²) in [6.45, 7) is 6.52. The van der Waals surface area contributed by atoms with Crippen LogP contribution >= 0.6 is 0 Å². The predicted molar refractivity (Wildman–Crippen MR) is 84.7 cm³/mol. The number of para-hydroxylation sites is 1. The summed E-state index contributed by atoms with van der Waals surface area (Å²) >= 11 is 0. The molecule has 1 aromatic heterocycles. The van der Waals surface area contributed by atoms with Gasteiger partial charge < -0.3 is 19.4 Å². The Morgan fingerprint density at radius 3 is 3.14 bits per heavy atom. The van der Waals surface area contributed by atoms with Gasteiger partial charge in [0.15, 0.2) is 11.3 Å². The third-order valence-electron chi connectivity index (χ3n) is 4.30. The zero-order valence-electron chi connectivity index (χ0n) is 12.9. The van der Waals surface area contributed by atoms with E-state index in [-0.39, 0.29) is 0 Å². The van der Waals surface area contributed by atoms with E-state index in [1.165, 1.54) is 19.4 Å². The van der Waals surface area contributed by atoms with Gasteiger partial charge in [0.2, 0.25) is 0 Å². The fraction of sp³-hybridized carbons (Fsp3) is 0.529. The molecule has 0 bridgehead atoms. The topological polar surface area (TPSA) is 37.6 Å². The highest BCUT2D eigenvalue weighted by molar-refractivity contribution is 5.83. The van der Waals surface area contributed by atoms with Crippen LogP contribution in [0.4, 0.5) is 0 Å². The summed E-state index contributed by atoms with van der Waals surface area (Å²) in [5.41, 5.74) is 0.843. The number of rotatable bonds is 5. The Balaban J connectivity index is 1.65. The third-order valence-corrected chi connectivity index (χ3v) is 4.30. The van der Waals surface area contributed by atoms with Gasteiger partial charge in [0, 0.05) is 18.0 Å². The zero-order valence-corrected chi connectivity index (χ0v) is 12.9. The molecule has 0 aliphatic carbocycles. The quantitative estimate of drug-likeness (QED) is 0.918. The van der Waals surface area contributed by atoms with Gasteiger partial charge in [-0.3, -0.25) is 0 Å². The Morgan fingerprint density at radius 2 is 2.33 bits per heavy atom. The summed E-state index contributed by atoms with van der Waals surface area (Å²) in [5.74, 6) is 1.77. The van der Waals surface area contributed by atoms with E-state index >= 15 is 0 Å². The molecule has 1 N–H and O–H groups in total. The molecule has 1 saturated heterocycles. The van der Waals surface area contributed by atoms with E-state index in [9.17, 15) is 0 Å². The highest BCUT2D eigenvalue weighted by Crippen LogP contribution is 2.28. The molecule has 114 valence electrons. The first-order valence-corrected chi connectivity index (χ1v) is 7.81. The van der Waals surface area contributed by atoms with Crippen molar-refractivity contribution in [3.05, 3.63) is 30.0 Å². The van der Waals surface area contributed by atoms with Crippen LogP contribution in [0, 0.1) is 0 Å². The van der Waals surface area contributed by atoms with Crippen LogP contribution in [0.2, 0.25) is 0 Å². The number of furan rings is 1. The number of fused-ring (bicyclic) bond motifs is 1. The maximum atomic E-state index is 5.93. The third kappa shape index (κ3) is 3.22. The Bertz CT molecular complexity index is 593. The number of nitrogens with zero attached hydrogens (tertiary/aromatic N) is 1. The van der Waals surface area contributed by atoms with Crippen molar-refractivity contribution in [1.29, 1.82) is 0 Å². The van der Waals surface area contributed by atoms with Crippen molar-refractivity contribution in [2.24, 2.45) is 0 Å². The number of methoxy groups -OCH3 is 1. The lowest BCUT2D eigenvalue weighted by Gasteiger charge is -2.32. The number of piperidine rings is 1. The maximum Gasteiger partial charge on any atom is 0.176 e. The second kappa shape index (κ2) is 6.50. The van der Waals surface area contributed by atoms with Crippen LogP contribution in [0.25, 0.3) is 11.0 Å². The van der Waals surface area contributed by atoms with E-state index in [1.54, 1.807) is 7.11 Å². The minimum absolute atomic E-state index is 0.564. The SMILES string of the molecule is CCN1CCCC(NCc2cc3cccc(OC)c3o2)C1. The van der Waals surface area contributed by atoms with Gasteiger partial charge in [0.1, 0.15) is 5.76 Å². The number of ether oxygens (including phenoxy) is 1. The van der Waals surface area contributed by atoms with Crippen molar-refractivity contribution >= 4 is 11.0 Å². The molecular formula is C17H24N2O2. The van der Waals surface area contributed by atoms with Gasteiger partial charge in [-0.25, -0.2) is 0 Å². The molecule has 1 atom stereocenters. The van der Waals surface area contributed by atoms with Crippen molar-refractivity contribution in [3.8, 4) is 5.75 Å². The minimum Gasteiger partial charge on any atom is -0.493 e. The first kappa shape index (κ1) is 14.4. The van der Waals surface area contributed by atoms with Gasteiger partial charge in [0.25, 0.3) is 0 Å². The van der Waals surface area contributed by atoms with Gasteiger partial charge in [-0.2, -0.15) is 0 Å². The molecule has 3 rings (SSSR count). The van der Waals surface area contributed by atoms with Gasteiger partial charge in [0.05, 0.1) is 13.7 Å². The average molecular weight is 288 g/mol. The number of likely N-dealkylation sites (tertiary alicyclic amines) is 1. The van der Waals surface area contributed by atoms with Gasteiger partial charge in [-0.15, -0.1) is 0 Å². The van der Waals surface area contributed by atoms with E-state index in [2.05, 4.69) is 29.3 Å². The fourth-order valence-corrected chi connectivity index (χ4v) is 3.09. The molecule has 0 spiro atoms. The second-order valence-corrected chi connectivity index (χ2v) is 5.70. The molecule has 1 aliphatic rings. The van der Waals surface area contributed by atoms with E-state index < -0.39 is 0 Å². The Kier molecular flexibility index (Phi) is 4.46. The molecule has 21 heavy (non-hydrogen) atoms. The van der Waals surface area contributed by atoms with E-state index in [0.717, 1.165) is 42.1 Å². The Hall–Kier alpha value is -1.52. The largest absolute Gasteiger partial charge is 0.493 e. The van der Waals surface area contributed by atoms with Crippen LogP contribution in [-0.2, 0) is 6.54 Å². The standard InChI is InChI=1S/C17H24N2O2/c1-3-19-9-5-7-14(12-19)18-11-15-10-13-6-4-8-16(20-2)17(13)21-15/h4,6,8,10,14,18H,3,5,7,9,11-12H2,1-2H3. The number of benzene rings is 1. The molecule has 0 saturated carbocycles. The number of likely N-dealkylation sites (N-methyl/N-ethyl adjacent to an activating group) is 1.